The minimum Gasteiger partial charge on any atom is -0.491 e. The van der Waals surface area contributed by atoms with E-state index in [-0.39, 0.29) is 53.5 Å². The number of methoxy groups -OCH3 is 1. The number of carbonyl (C=O) groups excluding carboxylic acids is 4. The second-order valence-corrected chi connectivity index (χ2v) is 21.6. The number of anilines is 2. The summed E-state index contributed by atoms with van der Waals surface area (Å²) in [4.78, 5) is 81.0. The van der Waals surface area contributed by atoms with Crippen LogP contribution in [0.5, 0.6) is 5.75 Å². The van der Waals surface area contributed by atoms with Crippen LogP contribution in [0.15, 0.2) is 48.5 Å². The number of carboxylic acid groups (broad SMARTS) is 1. The number of aryl methyl sites for hydroxylation is 1. The quantitative estimate of drug-likeness (QED) is 0.102. The van der Waals surface area contributed by atoms with Crippen molar-refractivity contribution in [3.63, 3.8) is 0 Å². The van der Waals surface area contributed by atoms with E-state index < -0.39 is 35.3 Å². The van der Waals surface area contributed by atoms with Crippen molar-refractivity contribution < 1.29 is 51.7 Å². The van der Waals surface area contributed by atoms with Gasteiger partial charge < -0.3 is 29.7 Å². The van der Waals surface area contributed by atoms with Crippen LogP contribution in [0.3, 0.4) is 0 Å². The monoisotopic (exact) mass is 1060 g/mol. The van der Waals surface area contributed by atoms with Gasteiger partial charge in [0.1, 0.15) is 24.0 Å². The largest absolute Gasteiger partial charge is 0.491 e. The molecule has 3 aromatic carbocycles. The predicted octanol–water partition coefficient (Wildman–Crippen LogP) is 9.48. The Morgan fingerprint density at radius 3 is 2.25 bits per heavy atom. The number of carboxylic acids is 1. The summed E-state index contributed by atoms with van der Waals surface area (Å²) in [5.41, 5.74) is 1.25. The van der Waals surface area contributed by atoms with Gasteiger partial charge in [-0.25, -0.2) is 19.6 Å². The molecular formula is C55H66ClF3N8O8. The maximum atomic E-state index is 14.1. The Morgan fingerprint density at radius 2 is 1.59 bits per heavy atom. The number of aromatic nitrogens is 2. The number of carbonyl (C=O) groups is 5. The number of piperazine rings is 1. The van der Waals surface area contributed by atoms with Gasteiger partial charge in [0.2, 0.25) is 11.8 Å². The summed E-state index contributed by atoms with van der Waals surface area (Å²) in [6.45, 7) is 9.72. The first-order valence-electron chi connectivity index (χ1n) is 26.2. The Kier molecular flexibility index (Phi) is 16.2. The van der Waals surface area contributed by atoms with Crippen molar-refractivity contribution >= 4 is 63.7 Å². The van der Waals surface area contributed by atoms with Crippen molar-refractivity contribution in [1.82, 2.24) is 30.0 Å². The maximum absolute atomic E-state index is 14.1. The number of aromatic carboxylic acids is 1. The molecule has 0 unspecified atom stereocenters. The number of fused-ring (bicyclic) bond motifs is 1. The van der Waals surface area contributed by atoms with E-state index in [1.54, 1.807) is 39.2 Å². The number of ether oxygens (including phenoxy) is 2. The van der Waals surface area contributed by atoms with Gasteiger partial charge in [0.15, 0.2) is 0 Å². The Hall–Kier alpha value is -6.05. The molecule has 16 nitrogen and oxygen atoms in total. The van der Waals surface area contributed by atoms with Gasteiger partial charge in [0, 0.05) is 88.8 Å². The standard InChI is InChI=1S/C55H66ClF3N8O8/c1-33(39-26-40(52(71)72)28-41(27-39)55(57,58)59)60-49-43-30-42(47(75-25-24-74-3)31-45(43)61-34(2)62-49)36-4-6-37(7-5-36)50(69)66-22-20-64(21-23-66)32-35-10-13-54(14-11-35)15-18-65(19-16-54)51(70)38-8-9-44(56)46(29-38)67-17-12-48(68)63-53(67)73/h8-9,26-31,33,35-37H,4-7,10-25,32H2,1-3H3,(H,71,72)(H,60,61,62)(H,63,68,73)/t33-,36?,37?/m1/s1. The molecule has 9 rings (SSSR count). The molecule has 1 spiro atoms. The molecule has 5 fully saturated rings. The first-order chi connectivity index (χ1) is 35.9. The van der Waals surface area contributed by atoms with Gasteiger partial charge in [-0.05, 0) is 149 Å². The topological polar surface area (TPSA) is 187 Å². The van der Waals surface area contributed by atoms with Crippen LogP contribution in [0.1, 0.15) is 133 Å². The Balaban J connectivity index is 0.761. The number of halogens is 4. The number of nitrogens with one attached hydrogen (secondary N) is 2. The van der Waals surface area contributed by atoms with Gasteiger partial charge in [0.25, 0.3) is 5.91 Å². The number of likely N-dealkylation sites (tertiary alicyclic amines) is 1. The molecule has 2 aliphatic carbocycles. The van der Waals surface area contributed by atoms with Crippen LogP contribution in [0.4, 0.5) is 29.5 Å². The highest BCUT2D eigenvalue weighted by Gasteiger charge is 2.41. The lowest BCUT2D eigenvalue weighted by Crippen LogP contribution is -2.52. The van der Waals surface area contributed by atoms with E-state index in [2.05, 4.69) is 25.5 Å². The number of rotatable bonds is 14. The van der Waals surface area contributed by atoms with Gasteiger partial charge in [-0.1, -0.05) is 11.6 Å². The van der Waals surface area contributed by atoms with E-state index >= 15 is 0 Å². The van der Waals surface area contributed by atoms with Crippen molar-refractivity contribution in [2.45, 2.75) is 103 Å². The maximum Gasteiger partial charge on any atom is 0.416 e. The zero-order chi connectivity index (χ0) is 53.2. The molecule has 3 N–H and O–H groups in total. The molecule has 402 valence electrons. The summed E-state index contributed by atoms with van der Waals surface area (Å²) in [6.07, 6.45) is 4.84. The molecule has 2 saturated carbocycles. The average molecular weight is 1060 g/mol. The van der Waals surface area contributed by atoms with Crippen molar-refractivity contribution in [2.75, 3.05) is 82.9 Å². The summed E-state index contributed by atoms with van der Waals surface area (Å²) in [6, 6.07) is 10.3. The van der Waals surface area contributed by atoms with Crippen LogP contribution < -0.4 is 20.3 Å². The van der Waals surface area contributed by atoms with Crippen molar-refractivity contribution in [1.29, 1.82) is 0 Å². The first kappa shape index (κ1) is 53.8. The van der Waals surface area contributed by atoms with E-state index in [0.29, 0.717) is 109 Å². The predicted molar refractivity (Wildman–Crippen MR) is 276 cm³/mol. The van der Waals surface area contributed by atoms with Crippen LogP contribution in [0.2, 0.25) is 5.02 Å². The fourth-order valence-electron chi connectivity index (χ4n) is 12.0. The Labute approximate surface area is 439 Å². The second-order valence-electron chi connectivity index (χ2n) is 21.2. The summed E-state index contributed by atoms with van der Waals surface area (Å²) in [5, 5.41) is 16.2. The number of amides is 5. The number of hydrogen-bond acceptors (Lipinski definition) is 11. The third-order valence-corrected chi connectivity index (χ3v) is 16.7. The molecule has 0 radical (unpaired) electrons. The molecule has 4 aromatic rings. The molecule has 5 aliphatic rings. The normalized spacial score (nSPS) is 21.3. The average Bonchev–Trinajstić information content (AvgIpc) is 3.39. The van der Waals surface area contributed by atoms with Crippen LogP contribution in [-0.4, -0.2) is 132 Å². The van der Waals surface area contributed by atoms with Gasteiger partial charge in [0.05, 0.1) is 40.0 Å². The lowest BCUT2D eigenvalue weighted by atomic mass is 9.65. The van der Waals surface area contributed by atoms with Crippen LogP contribution in [0.25, 0.3) is 10.9 Å². The molecule has 0 bridgehead atoms. The number of urea groups is 1. The number of hydrogen-bond donors (Lipinski definition) is 3. The summed E-state index contributed by atoms with van der Waals surface area (Å²) in [7, 11) is 1.60. The molecule has 3 saturated heterocycles. The van der Waals surface area contributed by atoms with Crippen molar-refractivity contribution in [3.8, 4) is 5.75 Å². The van der Waals surface area contributed by atoms with E-state index in [9.17, 15) is 42.3 Å². The van der Waals surface area contributed by atoms with E-state index in [1.807, 2.05) is 21.9 Å². The summed E-state index contributed by atoms with van der Waals surface area (Å²) in [5.74, 6) is 0.361. The van der Waals surface area contributed by atoms with Crippen molar-refractivity contribution in [2.24, 2.45) is 17.3 Å². The molecule has 1 atom stereocenters. The zero-order valence-electron chi connectivity index (χ0n) is 42.8. The second kappa shape index (κ2) is 22.7. The molecule has 20 heteroatoms. The number of nitrogens with zero attached hydrogens (tertiary/aromatic N) is 6. The molecular weight excluding hydrogens is 993 g/mol. The van der Waals surface area contributed by atoms with Crippen LogP contribution >= 0.6 is 11.6 Å². The molecule has 4 heterocycles. The minimum atomic E-state index is -4.74. The third kappa shape index (κ3) is 12.3. The van der Waals surface area contributed by atoms with E-state index in [4.69, 9.17) is 21.1 Å². The molecule has 75 heavy (non-hydrogen) atoms. The fourth-order valence-corrected chi connectivity index (χ4v) is 12.2. The van der Waals surface area contributed by atoms with Crippen LogP contribution in [0, 0.1) is 24.2 Å². The summed E-state index contributed by atoms with van der Waals surface area (Å²) >= 11 is 6.45. The van der Waals surface area contributed by atoms with Gasteiger partial charge in [-0.3, -0.25) is 29.5 Å². The Morgan fingerprint density at radius 1 is 0.867 bits per heavy atom. The van der Waals surface area contributed by atoms with E-state index in [0.717, 1.165) is 82.6 Å². The lowest BCUT2D eigenvalue weighted by Gasteiger charge is -2.47. The van der Waals surface area contributed by atoms with Gasteiger partial charge >= 0.3 is 18.2 Å². The molecule has 5 amide bonds. The lowest BCUT2D eigenvalue weighted by molar-refractivity contribution is -0.139. The highest BCUT2D eigenvalue weighted by atomic mass is 35.5. The smallest absolute Gasteiger partial charge is 0.416 e. The number of alkyl halides is 3. The highest BCUT2D eigenvalue weighted by molar-refractivity contribution is 6.34. The summed E-state index contributed by atoms with van der Waals surface area (Å²) < 4.78 is 53.1. The number of benzene rings is 3. The van der Waals surface area contributed by atoms with Gasteiger partial charge in [-0.15, -0.1) is 0 Å². The number of piperidine rings is 1. The van der Waals surface area contributed by atoms with Gasteiger partial charge in [-0.2, -0.15) is 13.2 Å². The minimum absolute atomic E-state index is 0.0561. The highest BCUT2D eigenvalue weighted by Crippen LogP contribution is 2.47. The van der Waals surface area contributed by atoms with Crippen LogP contribution in [-0.2, 0) is 20.5 Å². The zero-order valence-corrected chi connectivity index (χ0v) is 43.5. The fraction of sp³-hybridized carbons (Fsp3) is 0.545. The number of imide groups is 1. The molecule has 1 aromatic heterocycles. The van der Waals surface area contributed by atoms with Crippen molar-refractivity contribution in [3.05, 3.63) is 87.2 Å². The van der Waals surface area contributed by atoms with E-state index in [1.165, 1.54) is 11.0 Å². The third-order valence-electron chi connectivity index (χ3n) is 16.4. The molecule has 3 aliphatic heterocycles. The SMILES string of the molecule is COCCOc1cc2nc(C)nc(N[C@H](C)c3cc(C(=O)O)cc(C(F)(F)F)c3)c2cc1C1CCC(C(=O)N2CCN(CC3CCC4(CC3)CCN(C(=O)c3ccc(Cl)c(N5CCC(=O)NC5=O)c3)CC4)CC2)CC1. The Bertz CT molecular complexity index is 2800. The first-order valence-corrected chi connectivity index (χ1v) is 26.6.